The van der Waals surface area contributed by atoms with E-state index in [0.717, 1.165) is 11.1 Å². The molecule has 0 unspecified atom stereocenters. The van der Waals surface area contributed by atoms with E-state index in [9.17, 15) is 4.79 Å². The van der Waals surface area contributed by atoms with Crippen LogP contribution in [0.25, 0.3) is 0 Å². The molecule has 17 heavy (non-hydrogen) atoms. The maximum atomic E-state index is 11.6. The number of aryl methyl sites for hydroxylation is 1. The molecule has 0 saturated heterocycles. The quantitative estimate of drug-likeness (QED) is 0.655. The minimum atomic E-state index is 0.180. The molecule has 0 N–H and O–H groups in total. The number of carbonyl (C=O) groups is 1. The molecule has 0 saturated carbocycles. The molecule has 0 aromatic heterocycles. The lowest BCUT2D eigenvalue weighted by atomic mass is 9.68. The first-order valence-electron chi connectivity index (χ1n) is 6.49. The van der Waals surface area contributed by atoms with Gasteiger partial charge < -0.3 is 0 Å². The highest BCUT2D eigenvalue weighted by atomic mass is 16.1. The molecule has 0 aliphatic heterocycles. The predicted octanol–water partition coefficient (Wildman–Crippen LogP) is 4.37. The average Bonchev–Trinajstić information content (AvgIpc) is 2.23. The molecule has 0 amide bonds. The van der Waals surface area contributed by atoms with Crippen LogP contribution in [0, 0.1) is 6.92 Å². The van der Waals surface area contributed by atoms with Crippen molar-refractivity contribution in [2.24, 2.45) is 0 Å². The Morgan fingerprint density at radius 2 is 2.00 bits per heavy atom. The molecule has 1 aliphatic carbocycles. The van der Waals surface area contributed by atoms with Crippen molar-refractivity contribution in [2.75, 3.05) is 0 Å². The minimum Gasteiger partial charge on any atom is -0.295 e. The van der Waals surface area contributed by atoms with Gasteiger partial charge in [-0.2, -0.15) is 0 Å². The lowest BCUT2D eigenvalue weighted by Gasteiger charge is -2.36. The van der Waals surface area contributed by atoms with Gasteiger partial charge in [-0.25, -0.2) is 0 Å². The van der Waals surface area contributed by atoms with Gasteiger partial charge in [0, 0.05) is 5.56 Å². The molecule has 0 radical (unpaired) electrons. The van der Waals surface area contributed by atoms with Crippen LogP contribution in [0.4, 0.5) is 0 Å². The fraction of sp³-hybridized carbons (Fsp3) is 0.562. The van der Waals surface area contributed by atoms with E-state index in [2.05, 4.69) is 32.9 Å². The molecule has 92 valence electrons. The smallest absolute Gasteiger partial charge is 0.160 e. The number of ketones is 1. The van der Waals surface area contributed by atoms with Crippen molar-refractivity contribution in [1.29, 1.82) is 0 Å². The summed E-state index contributed by atoms with van der Waals surface area (Å²) in [5.41, 5.74) is 5.06. The van der Waals surface area contributed by atoms with E-state index in [1.807, 2.05) is 6.92 Å². The van der Waals surface area contributed by atoms with Crippen molar-refractivity contribution in [2.45, 2.75) is 58.8 Å². The van der Waals surface area contributed by atoms with Crippen molar-refractivity contribution in [3.63, 3.8) is 0 Å². The summed E-state index contributed by atoms with van der Waals surface area (Å²) in [5, 5.41) is 0. The van der Waals surface area contributed by atoms with Crippen LogP contribution >= 0.6 is 0 Å². The molecule has 0 heterocycles. The van der Waals surface area contributed by atoms with Crippen LogP contribution in [-0.2, 0) is 5.41 Å². The van der Waals surface area contributed by atoms with E-state index in [1.165, 1.54) is 24.0 Å². The van der Waals surface area contributed by atoms with Gasteiger partial charge in [0.2, 0.25) is 0 Å². The lowest BCUT2D eigenvalue weighted by Crippen LogP contribution is -2.26. The normalized spacial score (nSPS) is 22.1. The Kier molecular flexibility index (Phi) is 2.89. The Morgan fingerprint density at radius 3 is 2.59 bits per heavy atom. The molecule has 2 rings (SSSR count). The van der Waals surface area contributed by atoms with Gasteiger partial charge in [0.25, 0.3) is 0 Å². The molecule has 1 aromatic rings. The fourth-order valence-corrected chi connectivity index (χ4v) is 2.97. The first-order valence-corrected chi connectivity index (χ1v) is 6.49. The maximum Gasteiger partial charge on any atom is 0.160 e. The Morgan fingerprint density at radius 1 is 1.35 bits per heavy atom. The highest BCUT2D eigenvalue weighted by molar-refractivity contribution is 5.96. The summed E-state index contributed by atoms with van der Waals surface area (Å²) >= 11 is 0. The number of benzene rings is 1. The molecule has 1 nitrogen and oxygen atoms in total. The summed E-state index contributed by atoms with van der Waals surface area (Å²) in [5.74, 6) is 0.803. The summed E-state index contributed by atoms with van der Waals surface area (Å²) in [4.78, 5) is 11.6. The molecular weight excluding hydrogens is 208 g/mol. The summed E-state index contributed by atoms with van der Waals surface area (Å²) in [6.45, 7) is 10.6. The van der Waals surface area contributed by atoms with E-state index in [0.29, 0.717) is 5.92 Å². The summed E-state index contributed by atoms with van der Waals surface area (Å²) in [6.07, 6.45) is 2.46. The van der Waals surface area contributed by atoms with Crippen molar-refractivity contribution in [3.05, 3.63) is 34.4 Å². The zero-order chi connectivity index (χ0) is 12.8. The molecular formula is C16H22O. The largest absolute Gasteiger partial charge is 0.295 e. The van der Waals surface area contributed by atoms with Gasteiger partial charge in [0.1, 0.15) is 0 Å². The third-order valence-electron chi connectivity index (χ3n) is 4.24. The SMILES string of the molecule is CC(=O)c1cc2c(cc1C)[C@@H](C)CCC2(C)C. The molecule has 1 aromatic carbocycles. The Labute approximate surface area is 104 Å². The third-order valence-corrected chi connectivity index (χ3v) is 4.24. The fourth-order valence-electron chi connectivity index (χ4n) is 2.97. The van der Waals surface area contributed by atoms with Gasteiger partial charge in [0.15, 0.2) is 5.78 Å². The van der Waals surface area contributed by atoms with Crippen LogP contribution in [0.15, 0.2) is 12.1 Å². The third kappa shape index (κ3) is 2.03. The second-order valence-electron chi connectivity index (χ2n) is 6.13. The maximum absolute atomic E-state index is 11.6. The first-order chi connectivity index (χ1) is 7.83. The van der Waals surface area contributed by atoms with Crippen molar-refractivity contribution < 1.29 is 4.79 Å². The molecule has 0 fully saturated rings. The van der Waals surface area contributed by atoms with Gasteiger partial charge >= 0.3 is 0 Å². The van der Waals surface area contributed by atoms with Gasteiger partial charge in [-0.3, -0.25) is 4.79 Å². The van der Waals surface area contributed by atoms with Gasteiger partial charge in [-0.1, -0.05) is 26.8 Å². The standard InChI is InChI=1S/C16H22O/c1-10-6-7-16(4,5)15-9-13(12(3)17)11(2)8-14(10)15/h8-10H,6-7H2,1-5H3/t10-/m0/s1. The topological polar surface area (TPSA) is 17.1 Å². The molecule has 0 bridgehead atoms. The van der Waals surface area contributed by atoms with E-state index in [1.54, 1.807) is 6.92 Å². The highest BCUT2D eigenvalue weighted by Crippen LogP contribution is 2.43. The summed E-state index contributed by atoms with van der Waals surface area (Å²) < 4.78 is 0. The monoisotopic (exact) mass is 230 g/mol. The zero-order valence-electron chi connectivity index (χ0n) is 11.6. The van der Waals surface area contributed by atoms with Crippen LogP contribution in [0.5, 0.6) is 0 Å². The number of hydrogen-bond donors (Lipinski definition) is 0. The number of rotatable bonds is 1. The molecule has 0 spiro atoms. The zero-order valence-corrected chi connectivity index (χ0v) is 11.6. The number of fused-ring (bicyclic) bond motifs is 1. The Balaban J connectivity index is 2.66. The number of Topliss-reactive ketones (excluding diaryl/α,β-unsaturated/α-hetero) is 1. The van der Waals surface area contributed by atoms with Crippen molar-refractivity contribution in [1.82, 2.24) is 0 Å². The highest BCUT2D eigenvalue weighted by Gasteiger charge is 2.31. The summed E-state index contributed by atoms with van der Waals surface area (Å²) in [7, 11) is 0. The van der Waals surface area contributed by atoms with Gasteiger partial charge in [-0.05, 0) is 60.8 Å². The average molecular weight is 230 g/mol. The Hall–Kier alpha value is -1.11. The second-order valence-corrected chi connectivity index (χ2v) is 6.13. The Bertz CT molecular complexity index is 469. The van der Waals surface area contributed by atoms with Gasteiger partial charge in [-0.15, -0.1) is 0 Å². The van der Waals surface area contributed by atoms with E-state index in [-0.39, 0.29) is 11.2 Å². The van der Waals surface area contributed by atoms with E-state index < -0.39 is 0 Å². The number of hydrogen-bond acceptors (Lipinski definition) is 1. The van der Waals surface area contributed by atoms with Crippen LogP contribution < -0.4 is 0 Å². The van der Waals surface area contributed by atoms with Crippen molar-refractivity contribution in [3.8, 4) is 0 Å². The van der Waals surface area contributed by atoms with E-state index in [4.69, 9.17) is 0 Å². The van der Waals surface area contributed by atoms with E-state index >= 15 is 0 Å². The number of carbonyl (C=O) groups excluding carboxylic acids is 1. The molecule has 1 atom stereocenters. The van der Waals surface area contributed by atoms with Gasteiger partial charge in [0.05, 0.1) is 0 Å². The lowest BCUT2D eigenvalue weighted by molar-refractivity contribution is 0.101. The van der Waals surface area contributed by atoms with Crippen LogP contribution in [0.3, 0.4) is 0 Å². The van der Waals surface area contributed by atoms with Crippen LogP contribution in [-0.4, -0.2) is 5.78 Å². The summed E-state index contributed by atoms with van der Waals surface area (Å²) in [6, 6.07) is 4.38. The van der Waals surface area contributed by atoms with Crippen molar-refractivity contribution >= 4 is 5.78 Å². The predicted molar refractivity (Wildman–Crippen MR) is 71.9 cm³/mol. The second kappa shape index (κ2) is 3.97. The van der Waals surface area contributed by atoms with Crippen LogP contribution in [0.2, 0.25) is 0 Å². The molecule has 1 heteroatoms. The minimum absolute atomic E-state index is 0.180. The first kappa shape index (κ1) is 12.3. The van der Waals surface area contributed by atoms with Crippen LogP contribution in [0.1, 0.15) is 73.5 Å². The molecule has 1 aliphatic rings.